The first kappa shape index (κ1) is 16.4. The van der Waals surface area contributed by atoms with Crippen LogP contribution in [0.25, 0.3) is 0 Å². The minimum atomic E-state index is 0.251. The van der Waals surface area contributed by atoms with E-state index in [1.807, 2.05) is 31.2 Å². The molecule has 1 aromatic carbocycles. The maximum atomic E-state index is 12.5. The molecule has 0 N–H and O–H groups in total. The summed E-state index contributed by atoms with van der Waals surface area (Å²) in [6, 6.07) is 8.59. The minimum absolute atomic E-state index is 0.251. The van der Waals surface area contributed by atoms with Gasteiger partial charge in [0.15, 0.2) is 5.78 Å². The Bertz CT molecular complexity index is 556. The molecule has 1 fully saturated rings. The summed E-state index contributed by atoms with van der Waals surface area (Å²) in [5, 5.41) is 0. The van der Waals surface area contributed by atoms with Gasteiger partial charge in [-0.25, -0.2) is 0 Å². The molecular weight excluding hydrogens is 286 g/mol. The van der Waals surface area contributed by atoms with E-state index in [1.54, 1.807) is 0 Å². The van der Waals surface area contributed by atoms with Gasteiger partial charge in [-0.05, 0) is 32.6 Å². The van der Waals surface area contributed by atoms with E-state index >= 15 is 0 Å². The summed E-state index contributed by atoms with van der Waals surface area (Å²) in [5.41, 5.74) is 3.36. The fourth-order valence-electron chi connectivity index (χ4n) is 3.59. The van der Waals surface area contributed by atoms with Gasteiger partial charge in [0, 0.05) is 31.1 Å². The van der Waals surface area contributed by atoms with E-state index in [1.165, 1.54) is 24.0 Å². The molecule has 1 aliphatic carbocycles. The average molecular weight is 313 g/mol. The SMILES string of the molecule is Cc1ccc(C(=O)CC2=CCCC(N3CCOCC3)CC2)cc1. The Balaban J connectivity index is 1.54. The molecule has 3 rings (SSSR count). The standard InChI is InChI=1S/C20H27NO2/c1-16-5-8-18(9-6-16)20(22)15-17-3-2-4-19(10-7-17)21-11-13-23-14-12-21/h3,5-6,8-9,19H,2,4,7,10-15H2,1H3. The molecule has 2 aliphatic rings. The predicted octanol–water partition coefficient (Wildman–Crippen LogP) is 3.77. The molecule has 1 unspecified atom stereocenters. The molecule has 1 aliphatic heterocycles. The lowest BCUT2D eigenvalue weighted by Crippen LogP contribution is -2.43. The van der Waals surface area contributed by atoms with Crippen LogP contribution in [0.15, 0.2) is 35.9 Å². The van der Waals surface area contributed by atoms with E-state index in [9.17, 15) is 4.79 Å². The van der Waals surface area contributed by atoms with E-state index in [0.717, 1.165) is 44.7 Å². The number of morpholine rings is 1. The summed E-state index contributed by atoms with van der Waals surface area (Å²) in [6.07, 6.45) is 7.43. The van der Waals surface area contributed by atoms with Gasteiger partial charge in [0.2, 0.25) is 0 Å². The molecular formula is C20H27NO2. The summed E-state index contributed by atoms with van der Waals surface area (Å²) in [5.74, 6) is 0.251. The molecule has 1 aromatic rings. The summed E-state index contributed by atoms with van der Waals surface area (Å²) >= 11 is 0. The zero-order valence-electron chi connectivity index (χ0n) is 14.1. The molecule has 124 valence electrons. The number of benzene rings is 1. The van der Waals surface area contributed by atoms with Gasteiger partial charge in [-0.2, -0.15) is 0 Å². The van der Waals surface area contributed by atoms with E-state index in [4.69, 9.17) is 4.74 Å². The second kappa shape index (κ2) is 7.89. The molecule has 3 heteroatoms. The fraction of sp³-hybridized carbons (Fsp3) is 0.550. The van der Waals surface area contributed by atoms with Crippen molar-refractivity contribution in [1.82, 2.24) is 4.90 Å². The highest BCUT2D eigenvalue weighted by molar-refractivity contribution is 5.97. The second-order valence-electron chi connectivity index (χ2n) is 6.75. The van der Waals surface area contributed by atoms with Crippen molar-refractivity contribution in [2.24, 2.45) is 0 Å². The van der Waals surface area contributed by atoms with Crippen LogP contribution in [0.1, 0.15) is 48.0 Å². The third-order valence-corrected chi connectivity index (χ3v) is 5.05. The largest absolute Gasteiger partial charge is 0.379 e. The molecule has 0 radical (unpaired) electrons. The first-order valence-electron chi connectivity index (χ1n) is 8.82. The van der Waals surface area contributed by atoms with Crippen molar-refractivity contribution in [1.29, 1.82) is 0 Å². The summed E-state index contributed by atoms with van der Waals surface area (Å²) in [7, 11) is 0. The number of ketones is 1. The van der Waals surface area contributed by atoms with Gasteiger partial charge in [0.25, 0.3) is 0 Å². The smallest absolute Gasteiger partial charge is 0.166 e. The normalized spacial score (nSPS) is 23.2. The predicted molar refractivity (Wildman–Crippen MR) is 92.9 cm³/mol. The van der Waals surface area contributed by atoms with Crippen LogP contribution in [0.5, 0.6) is 0 Å². The molecule has 0 saturated carbocycles. The second-order valence-corrected chi connectivity index (χ2v) is 6.75. The van der Waals surface area contributed by atoms with Crippen LogP contribution < -0.4 is 0 Å². The van der Waals surface area contributed by atoms with Crippen LogP contribution in [-0.2, 0) is 4.74 Å². The molecule has 1 saturated heterocycles. The Morgan fingerprint density at radius 1 is 1.17 bits per heavy atom. The number of aryl methyl sites for hydroxylation is 1. The van der Waals surface area contributed by atoms with Crippen LogP contribution in [-0.4, -0.2) is 43.0 Å². The van der Waals surface area contributed by atoms with E-state index in [-0.39, 0.29) is 5.78 Å². The number of allylic oxidation sites excluding steroid dienone is 2. The van der Waals surface area contributed by atoms with Gasteiger partial charge in [-0.3, -0.25) is 9.69 Å². The van der Waals surface area contributed by atoms with Gasteiger partial charge >= 0.3 is 0 Å². The van der Waals surface area contributed by atoms with Gasteiger partial charge in [0.1, 0.15) is 0 Å². The minimum Gasteiger partial charge on any atom is -0.379 e. The van der Waals surface area contributed by atoms with E-state index in [0.29, 0.717) is 12.5 Å². The van der Waals surface area contributed by atoms with Crippen molar-refractivity contribution in [3.05, 3.63) is 47.0 Å². The van der Waals surface area contributed by atoms with Gasteiger partial charge in [0.05, 0.1) is 13.2 Å². The number of rotatable bonds is 4. The Hall–Kier alpha value is -1.45. The number of hydrogen-bond donors (Lipinski definition) is 0. The van der Waals surface area contributed by atoms with Crippen molar-refractivity contribution < 1.29 is 9.53 Å². The molecule has 3 nitrogen and oxygen atoms in total. The zero-order valence-corrected chi connectivity index (χ0v) is 14.1. The van der Waals surface area contributed by atoms with Crippen LogP contribution in [0, 0.1) is 6.92 Å². The lowest BCUT2D eigenvalue weighted by molar-refractivity contribution is 0.0136. The lowest BCUT2D eigenvalue weighted by Gasteiger charge is -2.34. The summed E-state index contributed by atoms with van der Waals surface area (Å²) in [4.78, 5) is 15.0. The number of carbonyl (C=O) groups is 1. The highest BCUT2D eigenvalue weighted by Crippen LogP contribution is 2.25. The van der Waals surface area contributed by atoms with E-state index in [2.05, 4.69) is 11.0 Å². The first-order chi connectivity index (χ1) is 11.2. The van der Waals surface area contributed by atoms with Gasteiger partial charge in [-0.1, -0.05) is 41.5 Å². The molecule has 1 atom stereocenters. The summed E-state index contributed by atoms with van der Waals surface area (Å²) < 4.78 is 5.45. The fourth-order valence-corrected chi connectivity index (χ4v) is 3.59. The van der Waals surface area contributed by atoms with Crippen LogP contribution in [0.2, 0.25) is 0 Å². The van der Waals surface area contributed by atoms with Crippen LogP contribution in [0.3, 0.4) is 0 Å². The Kier molecular flexibility index (Phi) is 5.63. The molecule has 23 heavy (non-hydrogen) atoms. The van der Waals surface area contributed by atoms with Crippen molar-refractivity contribution >= 4 is 5.78 Å². The lowest BCUT2D eigenvalue weighted by atomic mass is 9.98. The Morgan fingerprint density at radius 3 is 2.65 bits per heavy atom. The monoisotopic (exact) mass is 313 g/mol. The number of Topliss-reactive ketones (excluding diaryl/α,β-unsaturated/α-hetero) is 1. The Labute approximate surface area is 139 Å². The van der Waals surface area contributed by atoms with Crippen LogP contribution in [0.4, 0.5) is 0 Å². The first-order valence-corrected chi connectivity index (χ1v) is 8.82. The number of nitrogens with zero attached hydrogens (tertiary/aromatic N) is 1. The molecule has 1 heterocycles. The maximum absolute atomic E-state index is 12.5. The topological polar surface area (TPSA) is 29.5 Å². The van der Waals surface area contributed by atoms with Crippen molar-refractivity contribution in [3.63, 3.8) is 0 Å². The van der Waals surface area contributed by atoms with Crippen molar-refractivity contribution in [2.75, 3.05) is 26.3 Å². The number of ether oxygens (including phenoxy) is 1. The van der Waals surface area contributed by atoms with Crippen molar-refractivity contribution in [2.45, 2.75) is 45.1 Å². The molecule has 0 bridgehead atoms. The quantitative estimate of drug-likeness (QED) is 0.626. The van der Waals surface area contributed by atoms with Gasteiger partial charge < -0.3 is 4.74 Å². The molecule has 0 amide bonds. The number of carbonyl (C=O) groups excluding carboxylic acids is 1. The zero-order chi connectivity index (χ0) is 16.1. The Morgan fingerprint density at radius 2 is 1.91 bits per heavy atom. The third kappa shape index (κ3) is 4.52. The maximum Gasteiger partial charge on any atom is 0.166 e. The van der Waals surface area contributed by atoms with Crippen molar-refractivity contribution in [3.8, 4) is 0 Å². The van der Waals surface area contributed by atoms with E-state index < -0.39 is 0 Å². The molecule has 0 aromatic heterocycles. The average Bonchev–Trinajstić information content (AvgIpc) is 2.82. The number of hydrogen-bond acceptors (Lipinski definition) is 3. The summed E-state index contributed by atoms with van der Waals surface area (Å²) in [6.45, 7) is 5.89. The molecule has 0 spiro atoms. The van der Waals surface area contributed by atoms with Gasteiger partial charge in [-0.15, -0.1) is 0 Å². The highest BCUT2D eigenvalue weighted by atomic mass is 16.5. The third-order valence-electron chi connectivity index (χ3n) is 5.05. The van der Waals surface area contributed by atoms with Crippen LogP contribution >= 0.6 is 0 Å². The highest BCUT2D eigenvalue weighted by Gasteiger charge is 2.22.